The highest BCUT2D eigenvalue weighted by molar-refractivity contribution is 7.93. The lowest BCUT2D eigenvalue weighted by molar-refractivity contribution is -0.134. The minimum Gasteiger partial charge on any atom is -0.452 e. The quantitative estimate of drug-likeness (QED) is 0.605. The van der Waals surface area contributed by atoms with Crippen molar-refractivity contribution in [2.24, 2.45) is 0 Å². The number of carbonyl (C=O) groups is 2. The van der Waals surface area contributed by atoms with Crippen LogP contribution in [-0.4, -0.2) is 51.4 Å². The van der Waals surface area contributed by atoms with Crippen molar-refractivity contribution < 1.29 is 22.7 Å². The van der Waals surface area contributed by atoms with E-state index in [0.29, 0.717) is 31.7 Å². The van der Waals surface area contributed by atoms with E-state index in [1.54, 1.807) is 12.1 Å². The molecule has 1 aliphatic heterocycles. The molecule has 7 nitrogen and oxygen atoms in total. The van der Waals surface area contributed by atoms with Gasteiger partial charge in [0.1, 0.15) is 4.90 Å². The predicted octanol–water partition coefficient (Wildman–Crippen LogP) is 3.12. The number of esters is 1. The first-order valence-corrected chi connectivity index (χ1v) is 11.5. The lowest BCUT2D eigenvalue weighted by Gasteiger charge is -2.21. The molecular formula is C21H23ClN2O5S. The van der Waals surface area contributed by atoms with Crippen molar-refractivity contribution in [2.45, 2.75) is 25.2 Å². The monoisotopic (exact) mass is 450 g/mol. The fraction of sp³-hybridized carbons (Fsp3) is 0.333. The van der Waals surface area contributed by atoms with Crippen LogP contribution < -0.4 is 4.31 Å². The van der Waals surface area contributed by atoms with Gasteiger partial charge in [-0.2, -0.15) is 0 Å². The summed E-state index contributed by atoms with van der Waals surface area (Å²) in [6, 6.07) is 11.2. The second kappa shape index (κ2) is 9.06. The fourth-order valence-corrected chi connectivity index (χ4v) is 5.39. The lowest BCUT2D eigenvalue weighted by Crippen LogP contribution is -2.34. The molecule has 0 bridgehead atoms. The van der Waals surface area contributed by atoms with Gasteiger partial charge in [-0.1, -0.05) is 29.8 Å². The van der Waals surface area contributed by atoms with Gasteiger partial charge in [0.05, 0.1) is 16.3 Å². The molecule has 3 rings (SSSR count). The smallest absolute Gasteiger partial charge is 0.338 e. The molecule has 160 valence electrons. The Morgan fingerprint density at radius 2 is 1.83 bits per heavy atom. The zero-order chi connectivity index (χ0) is 21.9. The molecule has 1 heterocycles. The first kappa shape index (κ1) is 22.1. The van der Waals surface area contributed by atoms with Gasteiger partial charge in [0.2, 0.25) is 0 Å². The molecule has 0 aliphatic carbocycles. The summed E-state index contributed by atoms with van der Waals surface area (Å²) in [6.45, 7) is 4.56. The molecule has 0 unspecified atom stereocenters. The van der Waals surface area contributed by atoms with Crippen LogP contribution in [0.2, 0.25) is 5.02 Å². The molecule has 1 amide bonds. The molecule has 0 aromatic heterocycles. The number of anilines is 1. The van der Waals surface area contributed by atoms with Crippen molar-refractivity contribution in [3.63, 3.8) is 0 Å². The summed E-state index contributed by atoms with van der Waals surface area (Å²) in [7, 11) is -3.97. The van der Waals surface area contributed by atoms with Crippen molar-refractivity contribution >= 4 is 39.2 Å². The number of likely N-dealkylation sites (N-methyl/N-ethyl adjacent to an activating group) is 1. The van der Waals surface area contributed by atoms with E-state index in [4.69, 9.17) is 16.3 Å². The lowest BCUT2D eigenvalue weighted by atomic mass is 10.2. The summed E-state index contributed by atoms with van der Waals surface area (Å²) in [4.78, 5) is 25.8. The Labute approximate surface area is 181 Å². The van der Waals surface area contributed by atoms with Crippen LogP contribution in [0.1, 0.15) is 29.8 Å². The minimum atomic E-state index is -3.97. The van der Waals surface area contributed by atoms with Crippen LogP contribution in [0.3, 0.4) is 0 Å². The third-order valence-electron chi connectivity index (χ3n) is 5.02. The SMILES string of the molecule is CCN(CC)C(=O)COC(=O)c1ccc(Cl)c(S(=O)(=O)N2CCc3ccccc32)c1. The summed E-state index contributed by atoms with van der Waals surface area (Å²) in [5, 5.41) is 0.00940. The Bertz CT molecular complexity index is 1070. The number of benzene rings is 2. The highest BCUT2D eigenvalue weighted by Crippen LogP contribution is 2.35. The highest BCUT2D eigenvalue weighted by atomic mass is 35.5. The van der Waals surface area contributed by atoms with Crippen LogP contribution >= 0.6 is 11.6 Å². The Morgan fingerprint density at radius 3 is 2.53 bits per heavy atom. The van der Waals surface area contributed by atoms with Gasteiger partial charge in [-0.3, -0.25) is 9.10 Å². The number of ether oxygens (including phenoxy) is 1. The Kier molecular flexibility index (Phi) is 6.67. The summed E-state index contributed by atoms with van der Waals surface area (Å²) < 4.78 is 32.9. The molecule has 1 aliphatic rings. The largest absolute Gasteiger partial charge is 0.452 e. The average molecular weight is 451 g/mol. The number of amides is 1. The molecule has 0 spiro atoms. The number of hydrogen-bond donors (Lipinski definition) is 0. The zero-order valence-electron chi connectivity index (χ0n) is 16.8. The number of sulfonamides is 1. The molecular weight excluding hydrogens is 428 g/mol. The first-order chi connectivity index (χ1) is 14.3. The van der Waals surface area contributed by atoms with Gasteiger partial charge in [0, 0.05) is 19.6 Å². The molecule has 0 radical (unpaired) electrons. The van der Waals surface area contributed by atoms with Crippen LogP contribution in [0.5, 0.6) is 0 Å². The molecule has 2 aromatic rings. The van der Waals surface area contributed by atoms with Crippen molar-refractivity contribution in [3.05, 3.63) is 58.6 Å². The average Bonchev–Trinajstić information content (AvgIpc) is 3.18. The van der Waals surface area contributed by atoms with E-state index in [1.807, 2.05) is 26.0 Å². The molecule has 2 aromatic carbocycles. The minimum absolute atomic E-state index is 0.00940. The van der Waals surface area contributed by atoms with Crippen LogP contribution in [-0.2, 0) is 26.0 Å². The standard InChI is InChI=1S/C21H23ClN2O5S/c1-3-23(4-2)20(25)14-29-21(26)16-9-10-17(22)19(13-16)30(27,28)24-12-11-15-7-5-6-8-18(15)24/h5-10,13H,3-4,11-12,14H2,1-2H3. The number of halogens is 1. The van der Waals surface area contributed by atoms with Gasteiger partial charge in [-0.05, 0) is 50.1 Å². The maximum absolute atomic E-state index is 13.3. The van der Waals surface area contributed by atoms with Crippen LogP contribution in [0.15, 0.2) is 47.4 Å². The van der Waals surface area contributed by atoms with Crippen LogP contribution in [0, 0.1) is 0 Å². The Balaban J connectivity index is 1.83. The van der Waals surface area contributed by atoms with Gasteiger partial charge in [-0.25, -0.2) is 13.2 Å². The molecule has 0 fully saturated rings. The van der Waals surface area contributed by atoms with Gasteiger partial charge >= 0.3 is 5.97 Å². The first-order valence-electron chi connectivity index (χ1n) is 9.64. The van der Waals surface area contributed by atoms with E-state index in [1.165, 1.54) is 27.4 Å². The number of para-hydroxylation sites is 1. The van der Waals surface area contributed by atoms with E-state index in [9.17, 15) is 18.0 Å². The van der Waals surface area contributed by atoms with Gasteiger partial charge in [0.15, 0.2) is 6.61 Å². The number of fused-ring (bicyclic) bond motifs is 1. The van der Waals surface area contributed by atoms with E-state index in [0.717, 1.165) is 5.56 Å². The van der Waals surface area contributed by atoms with Gasteiger partial charge in [0.25, 0.3) is 15.9 Å². The van der Waals surface area contributed by atoms with E-state index in [2.05, 4.69) is 0 Å². The van der Waals surface area contributed by atoms with Crippen LogP contribution in [0.25, 0.3) is 0 Å². The van der Waals surface area contributed by atoms with Crippen molar-refractivity contribution in [1.82, 2.24) is 4.90 Å². The fourth-order valence-electron chi connectivity index (χ4n) is 3.38. The van der Waals surface area contributed by atoms with Gasteiger partial charge in [-0.15, -0.1) is 0 Å². The summed E-state index contributed by atoms with van der Waals surface area (Å²) >= 11 is 6.18. The second-order valence-electron chi connectivity index (χ2n) is 6.74. The second-order valence-corrected chi connectivity index (χ2v) is 8.98. The predicted molar refractivity (Wildman–Crippen MR) is 114 cm³/mol. The molecule has 30 heavy (non-hydrogen) atoms. The third kappa shape index (κ3) is 4.29. The van der Waals surface area contributed by atoms with Crippen molar-refractivity contribution in [3.8, 4) is 0 Å². The molecule has 0 saturated carbocycles. The third-order valence-corrected chi connectivity index (χ3v) is 7.32. The summed E-state index contributed by atoms with van der Waals surface area (Å²) in [5.41, 5.74) is 1.55. The number of nitrogens with zero attached hydrogens (tertiary/aromatic N) is 2. The molecule has 9 heteroatoms. The van der Waals surface area contributed by atoms with E-state index < -0.39 is 22.6 Å². The van der Waals surface area contributed by atoms with E-state index in [-0.39, 0.29) is 21.4 Å². The summed E-state index contributed by atoms with van der Waals surface area (Å²) in [5.74, 6) is -1.10. The highest BCUT2D eigenvalue weighted by Gasteiger charge is 2.32. The van der Waals surface area contributed by atoms with E-state index >= 15 is 0 Å². The van der Waals surface area contributed by atoms with Crippen LogP contribution in [0.4, 0.5) is 5.69 Å². The maximum Gasteiger partial charge on any atom is 0.338 e. The molecule has 0 N–H and O–H groups in total. The molecule has 0 saturated heterocycles. The molecule has 0 atom stereocenters. The van der Waals surface area contributed by atoms with Gasteiger partial charge < -0.3 is 9.64 Å². The number of rotatable bonds is 7. The van der Waals surface area contributed by atoms with Crippen molar-refractivity contribution in [2.75, 3.05) is 30.5 Å². The summed E-state index contributed by atoms with van der Waals surface area (Å²) in [6.07, 6.45) is 0.599. The number of carbonyl (C=O) groups excluding carboxylic acids is 2. The normalized spacial score (nSPS) is 13.1. The zero-order valence-corrected chi connectivity index (χ0v) is 18.4. The van der Waals surface area contributed by atoms with Crippen molar-refractivity contribution in [1.29, 1.82) is 0 Å². The maximum atomic E-state index is 13.3. The Hall–Kier alpha value is -2.58. The number of hydrogen-bond acceptors (Lipinski definition) is 5. The Morgan fingerprint density at radius 1 is 1.13 bits per heavy atom. The topological polar surface area (TPSA) is 84.0 Å².